The normalized spacial score (nSPS) is 14.2. The lowest BCUT2D eigenvalue weighted by molar-refractivity contribution is -0.115. The zero-order chi connectivity index (χ0) is 18.4. The van der Waals surface area contributed by atoms with Gasteiger partial charge in [0.2, 0.25) is 5.91 Å². The topological polar surface area (TPSA) is 53.6 Å². The minimum atomic E-state index is -0.0525. The predicted molar refractivity (Wildman–Crippen MR) is 108 cm³/mol. The molecule has 1 saturated heterocycles. The van der Waals surface area contributed by atoms with Gasteiger partial charge in [-0.05, 0) is 30.3 Å². The van der Waals surface area contributed by atoms with Gasteiger partial charge in [-0.1, -0.05) is 35.3 Å². The average Bonchev–Trinajstić information content (AvgIpc) is 2.65. The van der Waals surface area contributed by atoms with Crippen molar-refractivity contribution in [3.63, 3.8) is 0 Å². The molecule has 0 unspecified atom stereocenters. The Morgan fingerprint density at radius 3 is 2.62 bits per heavy atom. The molecule has 0 saturated carbocycles. The highest BCUT2D eigenvalue weighted by molar-refractivity contribution is 6.36. The Hall–Kier alpha value is -1.95. The number of amides is 1. The van der Waals surface area contributed by atoms with Crippen molar-refractivity contribution >= 4 is 46.2 Å². The minimum absolute atomic E-state index is 0.0525. The van der Waals surface area contributed by atoms with Crippen molar-refractivity contribution in [2.24, 2.45) is 0 Å². The first-order chi connectivity index (χ1) is 12.6. The second kappa shape index (κ2) is 9.12. The second-order valence-electron chi connectivity index (χ2n) is 5.97. The molecule has 2 aromatic rings. The SMILES string of the molecule is O=C(CCNc1ccc(Cl)cc1Cl)Nc1ccccc1N1CCOCC1. The second-order valence-corrected chi connectivity index (χ2v) is 6.81. The molecule has 0 aromatic heterocycles. The number of rotatable bonds is 6. The van der Waals surface area contributed by atoms with E-state index in [1.807, 2.05) is 24.3 Å². The Kier molecular flexibility index (Phi) is 6.61. The Bertz CT molecular complexity index is 764. The number of benzene rings is 2. The molecule has 0 spiro atoms. The van der Waals surface area contributed by atoms with E-state index in [-0.39, 0.29) is 5.91 Å². The lowest BCUT2D eigenvalue weighted by Gasteiger charge is -2.30. The molecule has 26 heavy (non-hydrogen) atoms. The van der Waals surface area contributed by atoms with Crippen molar-refractivity contribution in [2.75, 3.05) is 48.4 Å². The van der Waals surface area contributed by atoms with Crippen LogP contribution in [0.1, 0.15) is 6.42 Å². The predicted octanol–water partition coefficient (Wildman–Crippen LogP) is 4.27. The van der Waals surface area contributed by atoms with Crippen molar-refractivity contribution in [2.45, 2.75) is 6.42 Å². The summed E-state index contributed by atoms with van der Waals surface area (Å²) >= 11 is 12.0. The van der Waals surface area contributed by atoms with Crippen LogP contribution in [0.2, 0.25) is 10.0 Å². The van der Waals surface area contributed by atoms with Gasteiger partial charge in [0, 0.05) is 31.1 Å². The summed E-state index contributed by atoms with van der Waals surface area (Å²) in [4.78, 5) is 14.6. The maximum Gasteiger partial charge on any atom is 0.226 e. The molecular formula is C19H21Cl2N3O2. The molecule has 1 aliphatic heterocycles. The van der Waals surface area contributed by atoms with E-state index < -0.39 is 0 Å². The summed E-state index contributed by atoms with van der Waals surface area (Å²) in [7, 11) is 0. The van der Waals surface area contributed by atoms with Crippen LogP contribution in [0, 0.1) is 0 Å². The number of carbonyl (C=O) groups is 1. The van der Waals surface area contributed by atoms with E-state index >= 15 is 0 Å². The number of nitrogens with one attached hydrogen (secondary N) is 2. The molecule has 3 rings (SSSR count). The largest absolute Gasteiger partial charge is 0.383 e. The Morgan fingerprint density at radius 2 is 1.85 bits per heavy atom. The fraction of sp³-hybridized carbons (Fsp3) is 0.316. The monoisotopic (exact) mass is 393 g/mol. The van der Waals surface area contributed by atoms with Crippen LogP contribution < -0.4 is 15.5 Å². The van der Waals surface area contributed by atoms with E-state index in [1.165, 1.54) is 0 Å². The van der Waals surface area contributed by atoms with Crippen molar-refractivity contribution < 1.29 is 9.53 Å². The molecule has 0 aliphatic carbocycles. The molecule has 138 valence electrons. The number of anilines is 3. The highest BCUT2D eigenvalue weighted by atomic mass is 35.5. The fourth-order valence-electron chi connectivity index (χ4n) is 2.82. The summed E-state index contributed by atoms with van der Waals surface area (Å²) in [6, 6.07) is 13.1. The average molecular weight is 394 g/mol. The van der Waals surface area contributed by atoms with Crippen LogP contribution in [0.3, 0.4) is 0 Å². The van der Waals surface area contributed by atoms with Crippen molar-refractivity contribution in [3.8, 4) is 0 Å². The van der Waals surface area contributed by atoms with Gasteiger partial charge in [0.05, 0.1) is 35.3 Å². The standard InChI is InChI=1S/C19H21Cl2N3O2/c20-14-5-6-16(15(21)13-14)22-8-7-19(25)23-17-3-1-2-4-18(17)24-9-11-26-12-10-24/h1-6,13,22H,7-12H2,(H,23,25). The minimum Gasteiger partial charge on any atom is -0.383 e. The van der Waals surface area contributed by atoms with Crippen LogP contribution in [0.25, 0.3) is 0 Å². The third-order valence-electron chi connectivity index (χ3n) is 4.13. The van der Waals surface area contributed by atoms with E-state index in [0.29, 0.717) is 36.2 Å². The van der Waals surface area contributed by atoms with Gasteiger partial charge in [-0.2, -0.15) is 0 Å². The molecule has 0 radical (unpaired) electrons. The van der Waals surface area contributed by atoms with Gasteiger partial charge in [0.25, 0.3) is 0 Å². The number of halogens is 2. The van der Waals surface area contributed by atoms with Gasteiger partial charge in [-0.15, -0.1) is 0 Å². The summed E-state index contributed by atoms with van der Waals surface area (Å²) in [5.41, 5.74) is 2.61. The third kappa shape index (κ3) is 5.04. The summed E-state index contributed by atoms with van der Waals surface area (Å²) in [6.45, 7) is 3.53. The number of hydrogen-bond acceptors (Lipinski definition) is 4. The molecule has 2 aromatic carbocycles. The van der Waals surface area contributed by atoms with E-state index in [1.54, 1.807) is 18.2 Å². The van der Waals surface area contributed by atoms with Gasteiger partial charge in [-0.3, -0.25) is 4.79 Å². The maximum atomic E-state index is 12.3. The molecule has 7 heteroatoms. The van der Waals surface area contributed by atoms with Gasteiger partial charge >= 0.3 is 0 Å². The highest BCUT2D eigenvalue weighted by Gasteiger charge is 2.15. The van der Waals surface area contributed by atoms with Crippen LogP contribution in [0.15, 0.2) is 42.5 Å². The lowest BCUT2D eigenvalue weighted by Crippen LogP contribution is -2.36. The summed E-state index contributed by atoms with van der Waals surface area (Å²) in [6.07, 6.45) is 0.330. The highest BCUT2D eigenvalue weighted by Crippen LogP contribution is 2.27. The van der Waals surface area contributed by atoms with Crippen molar-refractivity contribution in [1.82, 2.24) is 0 Å². The fourth-order valence-corrected chi connectivity index (χ4v) is 3.29. The smallest absolute Gasteiger partial charge is 0.226 e. The zero-order valence-corrected chi connectivity index (χ0v) is 15.8. The van der Waals surface area contributed by atoms with Crippen LogP contribution in [-0.4, -0.2) is 38.8 Å². The molecule has 1 heterocycles. The quantitative estimate of drug-likeness (QED) is 0.769. The van der Waals surface area contributed by atoms with Gasteiger partial charge < -0.3 is 20.3 Å². The molecule has 1 amide bonds. The van der Waals surface area contributed by atoms with Gasteiger partial charge in [-0.25, -0.2) is 0 Å². The first-order valence-corrected chi connectivity index (χ1v) is 9.29. The van der Waals surface area contributed by atoms with E-state index in [2.05, 4.69) is 15.5 Å². The Labute approximate surface area is 163 Å². The van der Waals surface area contributed by atoms with E-state index in [9.17, 15) is 4.79 Å². The summed E-state index contributed by atoms with van der Waals surface area (Å²) in [5.74, 6) is -0.0525. The van der Waals surface area contributed by atoms with Crippen LogP contribution >= 0.6 is 23.2 Å². The first kappa shape index (κ1) is 18.8. The first-order valence-electron chi connectivity index (χ1n) is 8.54. The number of morpholine rings is 1. The number of hydrogen-bond donors (Lipinski definition) is 2. The van der Waals surface area contributed by atoms with Crippen LogP contribution in [0.5, 0.6) is 0 Å². The maximum absolute atomic E-state index is 12.3. The third-order valence-corrected chi connectivity index (χ3v) is 4.68. The molecular weight excluding hydrogens is 373 g/mol. The molecule has 1 fully saturated rings. The van der Waals surface area contributed by atoms with Crippen molar-refractivity contribution in [1.29, 1.82) is 0 Å². The zero-order valence-electron chi connectivity index (χ0n) is 14.3. The lowest BCUT2D eigenvalue weighted by atomic mass is 10.2. The van der Waals surface area contributed by atoms with Gasteiger partial charge in [0.15, 0.2) is 0 Å². The molecule has 2 N–H and O–H groups in total. The molecule has 1 aliphatic rings. The van der Waals surface area contributed by atoms with Crippen molar-refractivity contribution in [3.05, 3.63) is 52.5 Å². The van der Waals surface area contributed by atoms with E-state index in [4.69, 9.17) is 27.9 Å². The number of para-hydroxylation sites is 2. The molecule has 0 atom stereocenters. The number of ether oxygens (including phenoxy) is 1. The molecule has 0 bridgehead atoms. The number of nitrogens with zero attached hydrogens (tertiary/aromatic N) is 1. The Morgan fingerprint density at radius 1 is 1.08 bits per heavy atom. The van der Waals surface area contributed by atoms with Crippen LogP contribution in [0.4, 0.5) is 17.1 Å². The number of carbonyl (C=O) groups excluding carboxylic acids is 1. The summed E-state index contributed by atoms with van der Waals surface area (Å²) in [5, 5.41) is 7.28. The van der Waals surface area contributed by atoms with E-state index in [0.717, 1.165) is 30.2 Å². The molecule has 5 nitrogen and oxygen atoms in total. The Balaban J connectivity index is 1.55. The summed E-state index contributed by atoms with van der Waals surface area (Å²) < 4.78 is 5.40. The van der Waals surface area contributed by atoms with Gasteiger partial charge in [0.1, 0.15) is 0 Å². The van der Waals surface area contributed by atoms with Crippen LogP contribution in [-0.2, 0) is 9.53 Å².